The van der Waals surface area contributed by atoms with E-state index in [9.17, 15) is 0 Å². The van der Waals surface area contributed by atoms with Crippen LogP contribution in [0.2, 0.25) is 0 Å². The number of nitrogens with one attached hydrogen (secondary N) is 1. The van der Waals surface area contributed by atoms with E-state index >= 15 is 0 Å². The van der Waals surface area contributed by atoms with Crippen LogP contribution in [0.25, 0.3) is 0 Å². The minimum absolute atomic E-state index is 0.482. The summed E-state index contributed by atoms with van der Waals surface area (Å²) in [5.74, 6) is 5.92. The van der Waals surface area contributed by atoms with Gasteiger partial charge in [0.15, 0.2) is 0 Å². The van der Waals surface area contributed by atoms with Gasteiger partial charge in [-0.3, -0.25) is 10.5 Å². The fourth-order valence-corrected chi connectivity index (χ4v) is 1.89. The Kier molecular flexibility index (Phi) is 2.69. The average Bonchev–Trinajstić information content (AvgIpc) is 2.61. The maximum atomic E-state index is 5.44. The molecule has 2 heterocycles. The van der Waals surface area contributed by atoms with Crippen molar-refractivity contribution in [3.63, 3.8) is 0 Å². The molecule has 5 heteroatoms. The van der Waals surface area contributed by atoms with E-state index in [0.717, 1.165) is 37.4 Å². The van der Waals surface area contributed by atoms with E-state index in [1.165, 1.54) is 0 Å². The molecule has 2 rings (SSSR count). The number of nitrogens with zero attached hydrogens (tertiary/aromatic N) is 2. The van der Waals surface area contributed by atoms with Gasteiger partial charge in [0.05, 0.1) is 11.4 Å². The van der Waals surface area contributed by atoms with Gasteiger partial charge in [-0.25, -0.2) is 0 Å². The molecule has 1 fully saturated rings. The summed E-state index contributed by atoms with van der Waals surface area (Å²) in [4.78, 5) is 0. The Hall–Kier alpha value is -1.07. The van der Waals surface area contributed by atoms with Crippen LogP contribution in [0.3, 0.4) is 0 Å². The lowest BCUT2D eigenvalue weighted by Crippen LogP contribution is -2.17. The number of ether oxygens (including phenoxy) is 1. The highest BCUT2D eigenvalue weighted by Gasteiger charge is 2.21. The van der Waals surface area contributed by atoms with Gasteiger partial charge in [-0.05, 0) is 12.8 Å². The lowest BCUT2D eigenvalue weighted by molar-refractivity contribution is 0.0845. The third-order valence-corrected chi connectivity index (χ3v) is 2.62. The van der Waals surface area contributed by atoms with Gasteiger partial charge in [-0.15, -0.1) is 0 Å². The maximum Gasteiger partial charge on any atom is 0.0904 e. The molecule has 1 aromatic heterocycles. The highest BCUT2D eigenvalue weighted by Crippen LogP contribution is 2.30. The summed E-state index contributed by atoms with van der Waals surface area (Å²) < 4.78 is 7.11. The third kappa shape index (κ3) is 1.73. The number of hydrogen-bond donors (Lipinski definition) is 2. The molecule has 0 unspecified atom stereocenters. The summed E-state index contributed by atoms with van der Waals surface area (Å²) in [6.45, 7) is 1.65. The molecular weight excluding hydrogens is 180 g/mol. The zero-order chi connectivity index (χ0) is 9.97. The molecule has 3 N–H and O–H groups in total. The summed E-state index contributed by atoms with van der Waals surface area (Å²) >= 11 is 0. The molecule has 0 aliphatic carbocycles. The van der Waals surface area contributed by atoms with E-state index in [4.69, 9.17) is 10.6 Å². The average molecular weight is 196 g/mol. The summed E-state index contributed by atoms with van der Waals surface area (Å²) in [6.07, 6.45) is 3.97. The Morgan fingerprint density at radius 2 is 2.29 bits per heavy atom. The van der Waals surface area contributed by atoms with E-state index in [-0.39, 0.29) is 0 Å². The second-order valence-corrected chi connectivity index (χ2v) is 3.63. The normalized spacial score (nSPS) is 18.4. The monoisotopic (exact) mass is 196 g/mol. The SMILES string of the molecule is Cn1cc(NN)c(C2CCOCC2)n1. The molecule has 0 amide bonds. The van der Waals surface area contributed by atoms with Crippen molar-refractivity contribution in [1.82, 2.24) is 9.78 Å². The number of rotatable bonds is 2. The molecule has 14 heavy (non-hydrogen) atoms. The summed E-state index contributed by atoms with van der Waals surface area (Å²) in [7, 11) is 1.91. The molecule has 0 saturated carbocycles. The molecule has 0 aromatic carbocycles. The second-order valence-electron chi connectivity index (χ2n) is 3.63. The van der Waals surface area contributed by atoms with E-state index in [1.807, 2.05) is 13.2 Å². The van der Waals surface area contributed by atoms with Crippen molar-refractivity contribution in [3.05, 3.63) is 11.9 Å². The molecule has 0 atom stereocenters. The first-order valence-electron chi connectivity index (χ1n) is 4.89. The van der Waals surface area contributed by atoms with Crippen molar-refractivity contribution >= 4 is 5.69 Å². The van der Waals surface area contributed by atoms with Crippen LogP contribution in [-0.4, -0.2) is 23.0 Å². The van der Waals surface area contributed by atoms with Crippen LogP contribution in [0.1, 0.15) is 24.5 Å². The van der Waals surface area contributed by atoms with Gasteiger partial charge in [0.1, 0.15) is 0 Å². The Morgan fingerprint density at radius 1 is 1.57 bits per heavy atom. The quantitative estimate of drug-likeness (QED) is 0.537. The predicted molar refractivity (Wildman–Crippen MR) is 53.8 cm³/mol. The Morgan fingerprint density at radius 3 is 2.93 bits per heavy atom. The Bertz CT molecular complexity index is 304. The van der Waals surface area contributed by atoms with Crippen molar-refractivity contribution in [3.8, 4) is 0 Å². The van der Waals surface area contributed by atoms with Crippen molar-refractivity contribution < 1.29 is 4.74 Å². The Balaban J connectivity index is 2.20. The van der Waals surface area contributed by atoms with Crippen LogP contribution < -0.4 is 11.3 Å². The summed E-state index contributed by atoms with van der Waals surface area (Å²) in [5.41, 5.74) is 4.69. The molecule has 5 nitrogen and oxygen atoms in total. The number of nitrogens with two attached hydrogens (primary N) is 1. The minimum Gasteiger partial charge on any atom is -0.381 e. The van der Waals surface area contributed by atoms with Crippen LogP contribution >= 0.6 is 0 Å². The molecule has 1 saturated heterocycles. The molecule has 0 radical (unpaired) electrons. The number of nitrogen functional groups attached to an aromatic ring is 1. The smallest absolute Gasteiger partial charge is 0.0904 e. The third-order valence-electron chi connectivity index (χ3n) is 2.62. The molecule has 1 aliphatic rings. The van der Waals surface area contributed by atoms with E-state index in [2.05, 4.69) is 10.5 Å². The summed E-state index contributed by atoms with van der Waals surface area (Å²) in [5, 5.41) is 4.42. The van der Waals surface area contributed by atoms with Crippen LogP contribution in [0.5, 0.6) is 0 Å². The van der Waals surface area contributed by atoms with Gasteiger partial charge in [-0.1, -0.05) is 0 Å². The second kappa shape index (κ2) is 3.98. The fraction of sp³-hybridized carbons (Fsp3) is 0.667. The number of aromatic nitrogens is 2. The topological polar surface area (TPSA) is 65.1 Å². The van der Waals surface area contributed by atoms with Gasteiger partial charge in [0.2, 0.25) is 0 Å². The fourth-order valence-electron chi connectivity index (χ4n) is 1.89. The molecular formula is C9H16N4O. The number of hydrazine groups is 1. The first-order chi connectivity index (χ1) is 6.81. The largest absolute Gasteiger partial charge is 0.381 e. The first-order valence-corrected chi connectivity index (χ1v) is 4.89. The van der Waals surface area contributed by atoms with Gasteiger partial charge < -0.3 is 10.2 Å². The minimum atomic E-state index is 0.482. The molecule has 0 spiro atoms. The molecule has 0 bridgehead atoms. The molecule has 78 valence electrons. The first kappa shape index (κ1) is 9.48. The molecule has 1 aromatic rings. The summed E-state index contributed by atoms with van der Waals surface area (Å²) in [6, 6.07) is 0. The number of anilines is 1. The van der Waals surface area contributed by atoms with Gasteiger partial charge >= 0.3 is 0 Å². The van der Waals surface area contributed by atoms with Gasteiger partial charge in [0, 0.05) is 32.4 Å². The lowest BCUT2D eigenvalue weighted by atomic mass is 9.96. The zero-order valence-corrected chi connectivity index (χ0v) is 8.36. The zero-order valence-electron chi connectivity index (χ0n) is 8.36. The molecule has 1 aliphatic heterocycles. The van der Waals surface area contributed by atoms with Gasteiger partial charge in [0.25, 0.3) is 0 Å². The van der Waals surface area contributed by atoms with Crippen LogP contribution in [0.4, 0.5) is 5.69 Å². The van der Waals surface area contributed by atoms with Crippen molar-refractivity contribution in [2.75, 3.05) is 18.6 Å². The van der Waals surface area contributed by atoms with Crippen molar-refractivity contribution in [2.24, 2.45) is 12.9 Å². The number of hydrogen-bond acceptors (Lipinski definition) is 4. The van der Waals surface area contributed by atoms with Gasteiger partial charge in [-0.2, -0.15) is 5.10 Å². The lowest BCUT2D eigenvalue weighted by Gasteiger charge is -2.21. The van der Waals surface area contributed by atoms with E-state index in [0.29, 0.717) is 5.92 Å². The van der Waals surface area contributed by atoms with Crippen molar-refractivity contribution in [2.45, 2.75) is 18.8 Å². The number of aryl methyl sites for hydroxylation is 1. The highest BCUT2D eigenvalue weighted by atomic mass is 16.5. The maximum absolute atomic E-state index is 5.44. The van der Waals surface area contributed by atoms with Crippen LogP contribution in [0.15, 0.2) is 6.20 Å². The van der Waals surface area contributed by atoms with Crippen LogP contribution in [0, 0.1) is 0 Å². The Labute approximate surface area is 83.2 Å². The van der Waals surface area contributed by atoms with Crippen LogP contribution in [-0.2, 0) is 11.8 Å². The highest BCUT2D eigenvalue weighted by molar-refractivity contribution is 5.46. The van der Waals surface area contributed by atoms with Crippen molar-refractivity contribution in [1.29, 1.82) is 0 Å². The standard InChI is InChI=1S/C9H16N4O/c1-13-6-8(11-10)9(12-13)7-2-4-14-5-3-7/h6-7,11H,2-5,10H2,1H3. The van der Waals surface area contributed by atoms with E-state index < -0.39 is 0 Å². The predicted octanol–water partition coefficient (Wildman–Crippen LogP) is 0.600. The van der Waals surface area contributed by atoms with E-state index in [1.54, 1.807) is 4.68 Å².